The molecule has 0 aliphatic rings. The molecule has 0 aliphatic carbocycles. The Kier molecular flexibility index (Phi) is 4.90. The van der Waals surface area contributed by atoms with Crippen LogP contribution in [-0.4, -0.2) is 16.7 Å². The third kappa shape index (κ3) is 4.32. The van der Waals surface area contributed by atoms with E-state index in [4.69, 9.17) is 27.8 Å². The Morgan fingerprint density at radius 3 is 2.41 bits per heavy atom. The van der Waals surface area contributed by atoms with Gasteiger partial charge in [-0.3, -0.25) is 0 Å². The minimum atomic E-state index is -0.180. The third-order valence-electron chi connectivity index (χ3n) is 2.77. The summed E-state index contributed by atoms with van der Waals surface area (Å²) in [6, 6.07) is 7.38. The maximum absolute atomic E-state index is 8.90. The van der Waals surface area contributed by atoms with E-state index in [9.17, 15) is 0 Å². The van der Waals surface area contributed by atoms with Crippen LogP contribution in [0.3, 0.4) is 0 Å². The van der Waals surface area contributed by atoms with Crippen molar-refractivity contribution in [3.05, 3.63) is 29.8 Å². The summed E-state index contributed by atoms with van der Waals surface area (Å²) < 4.78 is 5.59. The molecule has 0 radical (unpaired) electrons. The molecule has 4 heteroatoms. The van der Waals surface area contributed by atoms with Crippen LogP contribution in [0.4, 0.5) is 0 Å². The van der Waals surface area contributed by atoms with Gasteiger partial charge in [0.1, 0.15) is 5.75 Å². The van der Waals surface area contributed by atoms with E-state index in [1.54, 1.807) is 0 Å². The number of rotatable bonds is 6. The molecule has 0 atom stereocenters. The molecule has 0 unspecified atom stereocenters. The fourth-order valence-corrected chi connectivity index (χ4v) is 1.34. The number of aliphatic hydroxyl groups is 1. The van der Waals surface area contributed by atoms with Crippen LogP contribution in [0.1, 0.15) is 25.8 Å². The van der Waals surface area contributed by atoms with Gasteiger partial charge in [-0.25, -0.2) is 0 Å². The molecule has 0 fully saturated rings. The zero-order chi connectivity index (χ0) is 12.9. The van der Waals surface area contributed by atoms with Gasteiger partial charge in [0, 0.05) is 5.41 Å². The molecule has 94 valence electrons. The van der Waals surface area contributed by atoms with Gasteiger partial charge in [-0.2, -0.15) is 0 Å². The summed E-state index contributed by atoms with van der Waals surface area (Å²) in [5.41, 5.74) is 6.33. The Labute approximate surface area is 108 Å². The van der Waals surface area contributed by atoms with Crippen molar-refractivity contribution in [3.8, 4) is 5.75 Å². The fourth-order valence-electron chi connectivity index (χ4n) is 1.24. The second kappa shape index (κ2) is 5.98. The van der Waals surface area contributed by atoms with E-state index in [0.29, 0.717) is 11.6 Å². The topological polar surface area (TPSA) is 55.5 Å². The first kappa shape index (κ1) is 13.9. The highest BCUT2D eigenvalue weighted by Gasteiger charge is 2.20. The lowest BCUT2D eigenvalue weighted by Crippen LogP contribution is -2.31. The molecule has 0 saturated heterocycles. The molecule has 1 aromatic carbocycles. The van der Waals surface area contributed by atoms with Gasteiger partial charge in [-0.05, 0) is 24.1 Å². The van der Waals surface area contributed by atoms with Crippen molar-refractivity contribution in [2.75, 3.05) is 6.61 Å². The van der Waals surface area contributed by atoms with Crippen LogP contribution in [0.5, 0.6) is 5.75 Å². The van der Waals surface area contributed by atoms with Crippen LogP contribution in [-0.2, 0) is 6.61 Å². The highest BCUT2D eigenvalue weighted by molar-refractivity contribution is 7.80. The highest BCUT2D eigenvalue weighted by Crippen LogP contribution is 2.21. The predicted octanol–water partition coefficient (Wildman–Crippen LogP) is 2.26. The van der Waals surface area contributed by atoms with Gasteiger partial charge in [0.15, 0.2) is 0 Å². The van der Waals surface area contributed by atoms with E-state index in [1.807, 2.05) is 38.1 Å². The van der Waals surface area contributed by atoms with Crippen LogP contribution in [0, 0.1) is 5.41 Å². The minimum absolute atomic E-state index is 0.0504. The predicted molar refractivity (Wildman–Crippen MR) is 73.0 cm³/mol. The first-order valence-electron chi connectivity index (χ1n) is 5.58. The summed E-state index contributed by atoms with van der Waals surface area (Å²) >= 11 is 4.99. The second-order valence-electron chi connectivity index (χ2n) is 4.65. The minimum Gasteiger partial charge on any atom is -0.494 e. The Balaban J connectivity index is 2.43. The third-order valence-corrected chi connectivity index (χ3v) is 3.32. The summed E-state index contributed by atoms with van der Waals surface area (Å²) in [7, 11) is 0. The van der Waals surface area contributed by atoms with Crippen molar-refractivity contribution < 1.29 is 9.84 Å². The molecule has 3 nitrogen and oxygen atoms in total. The SMILES string of the molecule is CC(C)(CCOc1ccc(CO)cc1)C(N)=S. The maximum Gasteiger partial charge on any atom is 0.119 e. The normalized spacial score (nSPS) is 11.2. The monoisotopic (exact) mass is 253 g/mol. The number of aliphatic hydroxyl groups excluding tert-OH is 1. The Morgan fingerprint density at radius 1 is 1.35 bits per heavy atom. The van der Waals surface area contributed by atoms with E-state index >= 15 is 0 Å². The highest BCUT2D eigenvalue weighted by atomic mass is 32.1. The van der Waals surface area contributed by atoms with Crippen molar-refractivity contribution in [1.29, 1.82) is 0 Å². The number of nitrogens with two attached hydrogens (primary N) is 1. The number of hydrogen-bond donors (Lipinski definition) is 2. The Morgan fingerprint density at radius 2 is 1.94 bits per heavy atom. The molecule has 0 heterocycles. The van der Waals surface area contributed by atoms with Crippen molar-refractivity contribution in [2.45, 2.75) is 26.9 Å². The van der Waals surface area contributed by atoms with E-state index in [2.05, 4.69) is 0 Å². The van der Waals surface area contributed by atoms with Crippen molar-refractivity contribution in [3.63, 3.8) is 0 Å². The lowest BCUT2D eigenvalue weighted by atomic mass is 9.90. The van der Waals surface area contributed by atoms with Gasteiger partial charge >= 0.3 is 0 Å². The fraction of sp³-hybridized carbons (Fsp3) is 0.462. The Hall–Kier alpha value is -1.13. The number of ether oxygens (including phenoxy) is 1. The van der Waals surface area contributed by atoms with E-state index < -0.39 is 0 Å². The molecule has 0 aromatic heterocycles. The number of hydrogen-bond acceptors (Lipinski definition) is 3. The van der Waals surface area contributed by atoms with Crippen molar-refractivity contribution in [2.24, 2.45) is 11.1 Å². The zero-order valence-electron chi connectivity index (χ0n) is 10.3. The molecule has 0 amide bonds. The molecule has 1 aromatic rings. The van der Waals surface area contributed by atoms with Crippen LogP contribution in [0.15, 0.2) is 24.3 Å². The molecule has 0 saturated carbocycles. The molecule has 3 N–H and O–H groups in total. The first-order valence-corrected chi connectivity index (χ1v) is 5.99. The summed E-state index contributed by atoms with van der Waals surface area (Å²) in [5, 5.41) is 8.90. The second-order valence-corrected chi connectivity index (χ2v) is 5.09. The molecule has 0 bridgehead atoms. The molecule has 1 rings (SSSR count). The van der Waals surface area contributed by atoms with Gasteiger partial charge in [0.2, 0.25) is 0 Å². The Bertz CT molecular complexity index is 374. The molecular weight excluding hydrogens is 234 g/mol. The smallest absolute Gasteiger partial charge is 0.119 e. The summed E-state index contributed by atoms with van der Waals surface area (Å²) in [4.78, 5) is 0.511. The zero-order valence-corrected chi connectivity index (χ0v) is 11.1. The van der Waals surface area contributed by atoms with Crippen LogP contribution in [0.25, 0.3) is 0 Å². The van der Waals surface area contributed by atoms with Gasteiger partial charge in [0.05, 0.1) is 18.2 Å². The van der Waals surface area contributed by atoms with Gasteiger partial charge in [-0.15, -0.1) is 0 Å². The van der Waals surface area contributed by atoms with E-state index in [0.717, 1.165) is 17.7 Å². The maximum atomic E-state index is 8.90. The molecule has 0 spiro atoms. The largest absolute Gasteiger partial charge is 0.494 e. The average molecular weight is 253 g/mol. The van der Waals surface area contributed by atoms with Gasteiger partial charge in [0.25, 0.3) is 0 Å². The number of thiocarbonyl (C=S) groups is 1. The van der Waals surface area contributed by atoms with Gasteiger partial charge in [-0.1, -0.05) is 38.2 Å². The number of benzene rings is 1. The standard InChI is InChI=1S/C13H19NO2S/c1-13(2,12(14)17)7-8-16-11-5-3-10(9-15)4-6-11/h3-6,15H,7-9H2,1-2H3,(H2,14,17). The lowest BCUT2D eigenvalue weighted by Gasteiger charge is -2.22. The van der Waals surface area contributed by atoms with E-state index in [1.165, 1.54) is 0 Å². The summed E-state index contributed by atoms with van der Waals surface area (Å²) in [6.45, 7) is 4.64. The molecule has 0 aliphatic heterocycles. The lowest BCUT2D eigenvalue weighted by molar-refractivity contribution is 0.269. The van der Waals surface area contributed by atoms with Gasteiger partial charge < -0.3 is 15.6 Å². The average Bonchev–Trinajstić information content (AvgIpc) is 2.29. The van der Waals surface area contributed by atoms with Crippen molar-refractivity contribution in [1.82, 2.24) is 0 Å². The van der Waals surface area contributed by atoms with Crippen molar-refractivity contribution >= 4 is 17.2 Å². The quantitative estimate of drug-likeness (QED) is 0.764. The summed E-state index contributed by atoms with van der Waals surface area (Å²) in [5.74, 6) is 0.793. The van der Waals surface area contributed by atoms with Crippen LogP contribution in [0.2, 0.25) is 0 Å². The summed E-state index contributed by atoms with van der Waals surface area (Å²) in [6.07, 6.45) is 0.782. The first-order chi connectivity index (χ1) is 7.95. The van der Waals surface area contributed by atoms with Crippen LogP contribution < -0.4 is 10.5 Å². The molecule has 17 heavy (non-hydrogen) atoms. The van der Waals surface area contributed by atoms with E-state index in [-0.39, 0.29) is 12.0 Å². The molecular formula is C13H19NO2S. The van der Waals surface area contributed by atoms with Crippen LogP contribution >= 0.6 is 12.2 Å².